The lowest BCUT2D eigenvalue weighted by atomic mass is 9.92. The molecule has 0 saturated carbocycles. The molecule has 0 saturated heterocycles. The molecule has 0 atom stereocenters. The molecule has 2 aromatic carbocycles. The first-order valence-corrected chi connectivity index (χ1v) is 6.71. The van der Waals surface area contributed by atoms with Crippen LogP contribution < -0.4 is 0 Å². The highest BCUT2D eigenvalue weighted by molar-refractivity contribution is 5.96. The van der Waals surface area contributed by atoms with Crippen LogP contribution in [-0.4, -0.2) is 11.1 Å². The Balaban J connectivity index is 2.72. The number of carboxylic acid groups (broad SMARTS) is 1. The summed E-state index contributed by atoms with van der Waals surface area (Å²) in [5.41, 5.74) is 3.52. The standard InChI is InChI=1S/C17H17FO2/c1-3-11-5-6-12(4-2)15(9-11)16-10-13(18)7-8-14(16)17(19)20/h5-10H,3-4H2,1-2H3,(H,19,20). The predicted octanol–water partition coefficient (Wildman–Crippen LogP) is 4.32. The normalized spacial score (nSPS) is 10.6. The second kappa shape index (κ2) is 5.87. The quantitative estimate of drug-likeness (QED) is 0.900. The van der Waals surface area contributed by atoms with E-state index in [-0.39, 0.29) is 5.56 Å². The zero-order chi connectivity index (χ0) is 14.7. The lowest BCUT2D eigenvalue weighted by molar-refractivity contribution is 0.0697. The highest BCUT2D eigenvalue weighted by Gasteiger charge is 2.15. The van der Waals surface area contributed by atoms with E-state index in [1.165, 1.54) is 18.2 Å². The molecule has 0 aliphatic rings. The van der Waals surface area contributed by atoms with Gasteiger partial charge in [-0.3, -0.25) is 0 Å². The molecule has 2 rings (SSSR count). The van der Waals surface area contributed by atoms with Gasteiger partial charge in [0.15, 0.2) is 0 Å². The van der Waals surface area contributed by atoms with Crippen LogP contribution in [0, 0.1) is 5.82 Å². The predicted molar refractivity (Wildman–Crippen MR) is 77.6 cm³/mol. The summed E-state index contributed by atoms with van der Waals surface area (Å²) in [6, 6.07) is 9.79. The summed E-state index contributed by atoms with van der Waals surface area (Å²) in [5.74, 6) is -1.46. The van der Waals surface area contributed by atoms with E-state index >= 15 is 0 Å². The maximum Gasteiger partial charge on any atom is 0.336 e. The number of benzene rings is 2. The molecular formula is C17H17FO2. The molecule has 0 amide bonds. The van der Waals surface area contributed by atoms with E-state index in [0.717, 1.165) is 29.5 Å². The van der Waals surface area contributed by atoms with Gasteiger partial charge in [-0.05, 0) is 53.3 Å². The fraction of sp³-hybridized carbons (Fsp3) is 0.235. The van der Waals surface area contributed by atoms with Gasteiger partial charge in [-0.15, -0.1) is 0 Å². The summed E-state index contributed by atoms with van der Waals surface area (Å²) in [6.07, 6.45) is 1.63. The maximum absolute atomic E-state index is 13.5. The first-order chi connectivity index (χ1) is 9.56. The molecule has 2 nitrogen and oxygen atoms in total. The monoisotopic (exact) mass is 272 g/mol. The van der Waals surface area contributed by atoms with Crippen molar-refractivity contribution < 1.29 is 14.3 Å². The molecule has 0 unspecified atom stereocenters. The van der Waals surface area contributed by atoms with Gasteiger partial charge in [0.05, 0.1) is 5.56 Å². The van der Waals surface area contributed by atoms with E-state index in [4.69, 9.17) is 0 Å². The first-order valence-electron chi connectivity index (χ1n) is 6.71. The number of carbonyl (C=O) groups is 1. The topological polar surface area (TPSA) is 37.3 Å². The average Bonchev–Trinajstić information content (AvgIpc) is 2.46. The second-order valence-corrected chi connectivity index (χ2v) is 4.69. The Kier molecular flexibility index (Phi) is 4.18. The molecule has 0 spiro atoms. The molecule has 0 radical (unpaired) electrons. The molecule has 1 N–H and O–H groups in total. The fourth-order valence-corrected chi connectivity index (χ4v) is 2.33. The number of rotatable bonds is 4. The molecule has 2 aromatic rings. The fourth-order valence-electron chi connectivity index (χ4n) is 2.33. The van der Waals surface area contributed by atoms with Gasteiger partial charge in [0.2, 0.25) is 0 Å². The van der Waals surface area contributed by atoms with Crippen LogP contribution in [0.2, 0.25) is 0 Å². The van der Waals surface area contributed by atoms with Crippen molar-refractivity contribution in [3.63, 3.8) is 0 Å². The lowest BCUT2D eigenvalue weighted by Crippen LogP contribution is -2.02. The smallest absolute Gasteiger partial charge is 0.336 e. The van der Waals surface area contributed by atoms with Crippen LogP contribution in [0.1, 0.15) is 35.3 Å². The Morgan fingerprint density at radius 3 is 2.40 bits per heavy atom. The van der Waals surface area contributed by atoms with Gasteiger partial charge < -0.3 is 5.11 Å². The molecule has 104 valence electrons. The molecule has 3 heteroatoms. The van der Waals surface area contributed by atoms with Gasteiger partial charge in [0, 0.05) is 0 Å². The Hall–Kier alpha value is -2.16. The van der Waals surface area contributed by atoms with Crippen LogP contribution >= 0.6 is 0 Å². The molecule has 20 heavy (non-hydrogen) atoms. The Labute approximate surface area is 117 Å². The zero-order valence-corrected chi connectivity index (χ0v) is 11.6. The summed E-state index contributed by atoms with van der Waals surface area (Å²) >= 11 is 0. The molecule has 0 heterocycles. The summed E-state index contributed by atoms with van der Waals surface area (Å²) in [4.78, 5) is 11.3. The number of carboxylic acids is 1. The Bertz CT molecular complexity index is 647. The van der Waals surface area contributed by atoms with E-state index in [1.807, 2.05) is 32.0 Å². The first kappa shape index (κ1) is 14.3. The zero-order valence-electron chi connectivity index (χ0n) is 11.6. The molecular weight excluding hydrogens is 255 g/mol. The van der Waals surface area contributed by atoms with E-state index in [1.54, 1.807) is 0 Å². The molecule has 0 aromatic heterocycles. The minimum Gasteiger partial charge on any atom is -0.478 e. The lowest BCUT2D eigenvalue weighted by Gasteiger charge is -2.13. The summed E-state index contributed by atoms with van der Waals surface area (Å²) in [7, 11) is 0. The Morgan fingerprint density at radius 1 is 1.05 bits per heavy atom. The highest BCUT2D eigenvalue weighted by Crippen LogP contribution is 2.30. The number of aromatic carboxylic acids is 1. The van der Waals surface area contributed by atoms with Crippen molar-refractivity contribution in [3.05, 3.63) is 58.9 Å². The van der Waals surface area contributed by atoms with Crippen LogP contribution in [0.25, 0.3) is 11.1 Å². The van der Waals surface area contributed by atoms with E-state index in [0.29, 0.717) is 5.56 Å². The second-order valence-electron chi connectivity index (χ2n) is 4.69. The largest absolute Gasteiger partial charge is 0.478 e. The Morgan fingerprint density at radius 2 is 1.80 bits per heavy atom. The van der Waals surface area contributed by atoms with Crippen molar-refractivity contribution in [2.45, 2.75) is 26.7 Å². The van der Waals surface area contributed by atoms with Gasteiger partial charge >= 0.3 is 5.97 Å². The maximum atomic E-state index is 13.5. The van der Waals surface area contributed by atoms with Crippen LogP contribution in [0.15, 0.2) is 36.4 Å². The van der Waals surface area contributed by atoms with E-state index in [9.17, 15) is 14.3 Å². The van der Waals surface area contributed by atoms with Crippen molar-refractivity contribution in [1.29, 1.82) is 0 Å². The highest BCUT2D eigenvalue weighted by atomic mass is 19.1. The third kappa shape index (κ3) is 2.72. The molecule has 0 fully saturated rings. The minimum atomic E-state index is -1.04. The van der Waals surface area contributed by atoms with Crippen LogP contribution in [0.4, 0.5) is 4.39 Å². The third-order valence-electron chi connectivity index (χ3n) is 3.47. The SMILES string of the molecule is CCc1ccc(CC)c(-c2cc(F)ccc2C(=O)O)c1. The van der Waals surface area contributed by atoms with Gasteiger partial charge in [-0.2, -0.15) is 0 Å². The van der Waals surface area contributed by atoms with Crippen LogP contribution in [-0.2, 0) is 12.8 Å². The van der Waals surface area contributed by atoms with Crippen LogP contribution in [0.5, 0.6) is 0 Å². The van der Waals surface area contributed by atoms with E-state index < -0.39 is 11.8 Å². The van der Waals surface area contributed by atoms with Gasteiger partial charge in [-0.25, -0.2) is 9.18 Å². The van der Waals surface area contributed by atoms with Crippen molar-refractivity contribution in [1.82, 2.24) is 0 Å². The molecule has 0 bridgehead atoms. The van der Waals surface area contributed by atoms with Crippen molar-refractivity contribution in [3.8, 4) is 11.1 Å². The van der Waals surface area contributed by atoms with E-state index in [2.05, 4.69) is 0 Å². The van der Waals surface area contributed by atoms with Gasteiger partial charge in [0.1, 0.15) is 5.82 Å². The number of hydrogen-bond acceptors (Lipinski definition) is 1. The van der Waals surface area contributed by atoms with Gasteiger partial charge in [0.25, 0.3) is 0 Å². The number of aryl methyl sites for hydroxylation is 2. The van der Waals surface area contributed by atoms with Crippen LogP contribution in [0.3, 0.4) is 0 Å². The summed E-state index contributed by atoms with van der Waals surface area (Å²) < 4.78 is 13.5. The molecule has 0 aliphatic carbocycles. The van der Waals surface area contributed by atoms with Crippen molar-refractivity contribution in [2.24, 2.45) is 0 Å². The summed E-state index contributed by atoms with van der Waals surface area (Å²) in [5, 5.41) is 9.29. The van der Waals surface area contributed by atoms with Crippen molar-refractivity contribution in [2.75, 3.05) is 0 Å². The van der Waals surface area contributed by atoms with Crippen molar-refractivity contribution >= 4 is 5.97 Å². The summed E-state index contributed by atoms with van der Waals surface area (Å²) in [6.45, 7) is 4.04. The number of halogens is 1. The van der Waals surface area contributed by atoms with Gasteiger partial charge in [-0.1, -0.05) is 32.0 Å². The average molecular weight is 272 g/mol. The number of hydrogen-bond donors (Lipinski definition) is 1. The molecule has 0 aliphatic heterocycles. The minimum absolute atomic E-state index is 0.134. The third-order valence-corrected chi connectivity index (χ3v) is 3.47.